The second-order valence-electron chi connectivity index (χ2n) is 10.2. The highest BCUT2D eigenvalue weighted by atomic mass is 32.2. The summed E-state index contributed by atoms with van der Waals surface area (Å²) >= 11 is 0. The number of nitrogens with one attached hydrogen (secondary N) is 2. The van der Waals surface area contributed by atoms with Crippen LogP contribution in [0.25, 0.3) is 16.7 Å². The molecule has 0 radical (unpaired) electrons. The van der Waals surface area contributed by atoms with Crippen LogP contribution in [0.1, 0.15) is 33.4 Å². The summed E-state index contributed by atoms with van der Waals surface area (Å²) in [6.07, 6.45) is 0. The molecule has 0 spiro atoms. The third-order valence-electron chi connectivity index (χ3n) is 7.18. The summed E-state index contributed by atoms with van der Waals surface area (Å²) in [5.41, 5.74) is 5.94. The molecule has 0 bridgehead atoms. The Labute approximate surface area is 245 Å². The van der Waals surface area contributed by atoms with Gasteiger partial charge in [-0.25, -0.2) is 16.8 Å². The van der Waals surface area contributed by atoms with E-state index >= 15 is 0 Å². The Morgan fingerprint density at radius 1 is 0.571 bits per heavy atom. The number of nitriles is 2. The SMILES string of the molecule is Cc1ccc(C)c(NS(=O)(=O)c2ccc3c(c2)C(=C(C#N)C#N)c2cc(S(=O)(=O)Nc4cc(C)ccc4C)ccc2-3)c1. The van der Waals surface area contributed by atoms with E-state index in [2.05, 4.69) is 9.44 Å². The Balaban J connectivity index is 1.61. The Morgan fingerprint density at radius 3 is 1.36 bits per heavy atom. The van der Waals surface area contributed by atoms with Crippen molar-refractivity contribution in [3.63, 3.8) is 0 Å². The van der Waals surface area contributed by atoms with Crippen molar-refractivity contribution < 1.29 is 16.8 Å². The predicted molar refractivity (Wildman–Crippen MR) is 163 cm³/mol. The standard InChI is InChI=1S/C32H26N4O4S2/c1-19-5-7-21(3)30(13-19)35-41(37,38)24-9-11-26-27-12-10-25(16-29(27)32(28(26)15-24)23(17-33)18-34)42(39,40)36-31-14-20(2)6-8-22(31)4/h5-16,35-36H,1-4H3. The van der Waals surface area contributed by atoms with E-state index in [4.69, 9.17) is 0 Å². The normalized spacial score (nSPS) is 12.1. The molecule has 0 aromatic heterocycles. The smallest absolute Gasteiger partial charge is 0.261 e. The summed E-state index contributed by atoms with van der Waals surface area (Å²) in [5, 5.41) is 19.6. The molecular formula is C32H26N4O4S2. The fourth-order valence-corrected chi connectivity index (χ4v) is 7.21. The highest BCUT2D eigenvalue weighted by Crippen LogP contribution is 2.47. The third kappa shape index (κ3) is 5.14. The zero-order valence-electron chi connectivity index (χ0n) is 23.3. The molecule has 2 N–H and O–H groups in total. The molecule has 0 atom stereocenters. The van der Waals surface area contributed by atoms with Crippen molar-refractivity contribution >= 4 is 37.0 Å². The first-order valence-electron chi connectivity index (χ1n) is 12.9. The fourth-order valence-electron chi connectivity index (χ4n) is 4.91. The summed E-state index contributed by atoms with van der Waals surface area (Å²) in [5.74, 6) is 0. The van der Waals surface area contributed by atoms with Gasteiger partial charge in [0.2, 0.25) is 0 Å². The van der Waals surface area contributed by atoms with Crippen LogP contribution in [-0.4, -0.2) is 16.8 Å². The van der Waals surface area contributed by atoms with Gasteiger partial charge in [-0.05, 0) is 109 Å². The van der Waals surface area contributed by atoms with Crippen LogP contribution in [0.15, 0.2) is 88.2 Å². The number of rotatable bonds is 6. The van der Waals surface area contributed by atoms with Crippen molar-refractivity contribution in [3.05, 3.63) is 112 Å². The minimum Gasteiger partial charge on any atom is -0.279 e. The number of aryl methyl sites for hydroxylation is 4. The summed E-state index contributed by atoms with van der Waals surface area (Å²) in [6, 6.07) is 23.6. The Hall–Kier alpha value is -4.90. The molecule has 0 heterocycles. The van der Waals surface area contributed by atoms with E-state index in [1.54, 1.807) is 38.1 Å². The Morgan fingerprint density at radius 2 is 0.976 bits per heavy atom. The molecule has 4 aromatic carbocycles. The zero-order valence-corrected chi connectivity index (χ0v) is 24.9. The molecule has 1 aliphatic carbocycles. The number of hydrogen-bond donors (Lipinski definition) is 2. The van der Waals surface area contributed by atoms with Gasteiger partial charge in [-0.15, -0.1) is 0 Å². The predicted octanol–water partition coefficient (Wildman–Crippen LogP) is 6.35. The first-order valence-corrected chi connectivity index (χ1v) is 15.8. The van der Waals surface area contributed by atoms with Crippen molar-refractivity contribution in [3.8, 4) is 23.3 Å². The minimum absolute atomic E-state index is 0.0628. The Bertz CT molecular complexity index is 1990. The molecule has 210 valence electrons. The van der Waals surface area contributed by atoms with Crippen LogP contribution in [0.3, 0.4) is 0 Å². The third-order valence-corrected chi connectivity index (χ3v) is 9.91. The molecule has 1 aliphatic rings. The van der Waals surface area contributed by atoms with E-state index in [1.807, 2.05) is 50.3 Å². The van der Waals surface area contributed by atoms with Gasteiger partial charge in [0.1, 0.15) is 17.7 Å². The lowest BCUT2D eigenvalue weighted by atomic mass is 9.99. The van der Waals surface area contributed by atoms with Gasteiger partial charge in [-0.3, -0.25) is 9.44 Å². The van der Waals surface area contributed by atoms with Crippen LogP contribution in [0, 0.1) is 50.4 Å². The van der Waals surface area contributed by atoms with Crippen LogP contribution in [0.4, 0.5) is 11.4 Å². The maximum absolute atomic E-state index is 13.4. The van der Waals surface area contributed by atoms with Crippen molar-refractivity contribution in [2.24, 2.45) is 0 Å². The van der Waals surface area contributed by atoms with Gasteiger partial charge < -0.3 is 0 Å². The topological polar surface area (TPSA) is 140 Å². The number of benzene rings is 4. The summed E-state index contributed by atoms with van der Waals surface area (Å²) in [7, 11) is -8.08. The van der Waals surface area contributed by atoms with E-state index in [0.717, 1.165) is 22.3 Å². The van der Waals surface area contributed by atoms with E-state index < -0.39 is 20.0 Å². The van der Waals surface area contributed by atoms with E-state index in [-0.39, 0.29) is 20.9 Å². The van der Waals surface area contributed by atoms with E-state index in [9.17, 15) is 27.4 Å². The van der Waals surface area contributed by atoms with Crippen LogP contribution < -0.4 is 9.44 Å². The van der Waals surface area contributed by atoms with Crippen LogP contribution >= 0.6 is 0 Å². The van der Waals surface area contributed by atoms with E-state index in [0.29, 0.717) is 33.6 Å². The molecule has 0 saturated heterocycles. The van der Waals surface area contributed by atoms with Gasteiger partial charge in [-0.1, -0.05) is 36.4 Å². The van der Waals surface area contributed by atoms with Crippen LogP contribution in [0.5, 0.6) is 0 Å². The highest BCUT2D eigenvalue weighted by Gasteiger charge is 2.30. The highest BCUT2D eigenvalue weighted by molar-refractivity contribution is 7.93. The molecule has 42 heavy (non-hydrogen) atoms. The summed E-state index contributed by atoms with van der Waals surface area (Å²) in [4.78, 5) is -0.126. The molecule has 8 nitrogen and oxygen atoms in total. The number of sulfonamides is 2. The molecule has 0 amide bonds. The van der Waals surface area contributed by atoms with Gasteiger partial charge in [0.25, 0.3) is 20.0 Å². The fraction of sp³-hybridized carbons (Fsp3) is 0.125. The molecule has 0 unspecified atom stereocenters. The minimum atomic E-state index is -4.04. The number of hydrogen-bond acceptors (Lipinski definition) is 6. The average Bonchev–Trinajstić information content (AvgIpc) is 3.26. The first kappa shape index (κ1) is 28.6. The second-order valence-corrected chi connectivity index (χ2v) is 13.6. The van der Waals surface area contributed by atoms with Gasteiger partial charge in [-0.2, -0.15) is 10.5 Å². The zero-order chi connectivity index (χ0) is 30.4. The first-order chi connectivity index (χ1) is 19.8. The maximum Gasteiger partial charge on any atom is 0.261 e. The molecule has 0 aliphatic heterocycles. The molecule has 10 heteroatoms. The number of anilines is 2. The van der Waals surface area contributed by atoms with Gasteiger partial charge in [0, 0.05) is 5.57 Å². The lowest BCUT2D eigenvalue weighted by Crippen LogP contribution is -2.14. The molecule has 5 rings (SSSR count). The van der Waals surface area contributed by atoms with Crippen molar-refractivity contribution in [2.45, 2.75) is 37.5 Å². The molecular weight excluding hydrogens is 569 g/mol. The van der Waals surface area contributed by atoms with Gasteiger partial charge in [0.15, 0.2) is 0 Å². The molecule has 4 aromatic rings. The van der Waals surface area contributed by atoms with Gasteiger partial charge in [0.05, 0.1) is 21.2 Å². The lowest BCUT2D eigenvalue weighted by Gasteiger charge is -2.13. The number of nitrogens with zero attached hydrogens (tertiary/aromatic N) is 2. The maximum atomic E-state index is 13.4. The lowest BCUT2D eigenvalue weighted by molar-refractivity contribution is 0.599. The number of fused-ring (bicyclic) bond motifs is 3. The second kappa shape index (κ2) is 10.5. The van der Waals surface area contributed by atoms with E-state index in [1.165, 1.54) is 24.3 Å². The van der Waals surface area contributed by atoms with Crippen molar-refractivity contribution in [1.29, 1.82) is 10.5 Å². The average molecular weight is 595 g/mol. The Kier molecular flexibility index (Phi) is 7.15. The van der Waals surface area contributed by atoms with Crippen LogP contribution in [-0.2, 0) is 20.0 Å². The molecule has 0 fully saturated rings. The summed E-state index contributed by atoms with van der Waals surface area (Å²) in [6.45, 7) is 7.31. The largest absolute Gasteiger partial charge is 0.279 e. The molecule has 0 saturated carbocycles. The van der Waals surface area contributed by atoms with Crippen molar-refractivity contribution in [2.75, 3.05) is 9.44 Å². The number of allylic oxidation sites excluding steroid dienone is 1. The van der Waals surface area contributed by atoms with Crippen LogP contribution in [0.2, 0.25) is 0 Å². The van der Waals surface area contributed by atoms with Crippen molar-refractivity contribution in [1.82, 2.24) is 0 Å². The quantitative estimate of drug-likeness (QED) is 0.220. The monoisotopic (exact) mass is 594 g/mol. The van der Waals surface area contributed by atoms with Gasteiger partial charge >= 0.3 is 0 Å². The summed E-state index contributed by atoms with van der Waals surface area (Å²) < 4.78 is 58.9.